The summed E-state index contributed by atoms with van der Waals surface area (Å²) in [5, 5.41) is 0. The van der Waals surface area contributed by atoms with Gasteiger partial charge in [0.1, 0.15) is 0 Å². The number of aryl methyl sites for hydroxylation is 2. The Balaban J connectivity index is 2.46. The Morgan fingerprint density at radius 3 is 3.08 bits per heavy atom. The maximum Gasteiger partial charge on any atom is 0.0297 e. The van der Waals surface area contributed by atoms with E-state index in [4.69, 9.17) is 5.73 Å². The summed E-state index contributed by atoms with van der Waals surface area (Å²) >= 11 is 0. The van der Waals surface area contributed by atoms with Crippen molar-refractivity contribution in [2.75, 3.05) is 0 Å². The fraction of sp³-hybridized carbons (Fsp3) is 0.455. The number of benzene rings is 1. The highest BCUT2D eigenvalue weighted by Crippen LogP contribution is 2.28. The summed E-state index contributed by atoms with van der Waals surface area (Å²) < 4.78 is 0. The molecule has 2 N–H and O–H groups in total. The van der Waals surface area contributed by atoms with E-state index in [1.807, 2.05) is 0 Å². The van der Waals surface area contributed by atoms with Crippen molar-refractivity contribution in [1.29, 1.82) is 0 Å². The van der Waals surface area contributed by atoms with Gasteiger partial charge in [0.15, 0.2) is 0 Å². The molecule has 12 heavy (non-hydrogen) atoms. The Morgan fingerprint density at radius 1 is 1.42 bits per heavy atom. The monoisotopic (exact) mass is 161 g/mol. The first-order valence-electron chi connectivity index (χ1n) is 4.62. The predicted molar refractivity (Wildman–Crippen MR) is 51.0 cm³/mol. The topological polar surface area (TPSA) is 26.0 Å². The van der Waals surface area contributed by atoms with Crippen LogP contribution in [0.25, 0.3) is 0 Å². The number of hydrogen-bond acceptors (Lipinski definition) is 1. The molecule has 64 valence electrons. The van der Waals surface area contributed by atoms with Crippen molar-refractivity contribution in [2.45, 2.75) is 32.2 Å². The first kappa shape index (κ1) is 7.81. The van der Waals surface area contributed by atoms with E-state index in [2.05, 4.69) is 25.1 Å². The lowest BCUT2D eigenvalue weighted by molar-refractivity contribution is 0.570. The molecule has 1 aliphatic carbocycles. The molecule has 1 nitrogen and oxygen atoms in total. The van der Waals surface area contributed by atoms with Gasteiger partial charge in [0.05, 0.1) is 0 Å². The van der Waals surface area contributed by atoms with Crippen LogP contribution in [0.3, 0.4) is 0 Å². The molecule has 0 bridgehead atoms. The Morgan fingerprint density at radius 2 is 2.25 bits per heavy atom. The lowest BCUT2D eigenvalue weighted by Gasteiger charge is -2.22. The van der Waals surface area contributed by atoms with Gasteiger partial charge in [-0.05, 0) is 37.3 Å². The zero-order chi connectivity index (χ0) is 8.55. The first-order chi connectivity index (χ1) is 5.77. The third kappa shape index (κ3) is 1.25. The summed E-state index contributed by atoms with van der Waals surface area (Å²) in [4.78, 5) is 0. The number of hydrogen-bond donors (Lipinski definition) is 1. The minimum atomic E-state index is 0.286. The van der Waals surface area contributed by atoms with Gasteiger partial charge in [0.2, 0.25) is 0 Å². The average Bonchev–Trinajstić information content (AvgIpc) is 2.04. The Kier molecular flexibility index (Phi) is 1.89. The zero-order valence-corrected chi connectivity index (χ0v) is 7.51. The lowest BCUT2D eigenvalue weighted by Crippen LogP contribution is -2.17. The van der Waals surface area contributed by atoms with Gasteiger partial charge >= 0.3 is 0 Å². The molecular formula is C11H15N. The molecule has 0 unspecified atom stereocenters. The summed E-state index contributed by atoms with van der Waals surface area (Å²) in [6.45, 7) is 2.14. The van der Waals surface area contributed by atoms with Gasteiger partial charge in [-0.3, -0.25) is 0 Å². The minimum absolute atomic E-state index is 0.286. The summed E-state index contributed by atoms with van der Waals surface area (Å²) in [5.41, 5.74) is 10.2. The van der Waals surface area contributed by atoms with E-state index in [-0.39, 0.29) is 6.04 Å². The van der Waals surface area contributed by atoms with Gasteiger partial charge in [-0.15, -0.1) is 0 Å². The van der Waals surface area contributed by atoms with Gasteiger partial charge in [-0.1, -0.05) is 23.8 Å². The van der Waals surface area contributed by atoms with Crippen LogP contribution >= 0.6 is 0 Å². The summed E-state index contributed by atoms with van der Waals surface area (Å²) in [6, 6.07) is 6.90. The minimum Gasteiger partial charge on any atom is -0.324 e. The van der Waals surface area contributed by atoms with E-state index in [1.54, 1.807) is 0 Å². The van der Waals surface area contributed by atoms with E-state index < -0.39 is 0 Å². The van der Waals surface area contributed by atoms with Crippen molar-refractivity contribution < 1.29 is 0 Å². The molecule has 2 rings (SSSR count). The van der Waals surface area contributed by atoms with E-state index in [9.17, 15) is 0 Å². The van der Waals surface area contributed by atoms with Crippen molar-refractivity contribution in [3.8, 4) is 0 Å². The maximum atomic E-state index is 6.00. The van der Waals surface area contributed by atoms with Gasteiger partial charge in [-0.25, -0.2) is 0 Å². The van der Waals surface area contributed by atoms with E-state index in [0.29, 0.717) is 0 Å². The zero-order valence-electron chi connectivity index (χ0n) is 7.51. The molecule has 1 aromatic rings. The molecule has 1 aromatic carbocycles. The fourth-order valence-electron chi connectivity index (χ4n) is 1.98. The van der Waals surface area contributed by atoms with Crippen molar-refractivity contribution in [1.82, 2.24) is 0 Å². The van der Waals surface area contributed by atoms with Crippen molar-refractivity contribution in [2.24, 2.45) is 5.73 Å². The molecule has 0 fully saturated rings. The quantitative estimate of drug-likeness (QED) is 0.621. The third-order valence-electron chi connectivity index (χ3n) is 2.66. The highest BCUT2D eigenvalue weighted by atomic mass is 14.6. The van der Waals surface area contributed by atoms with Gasteiger partial charge in [-0.2, -0.15) is 0 Å². The number of rotatable bonds is 0. The predicted octanol–water partition coefficient (Wildman–Crippen LogP) is 2.33. The standard InChI is InChI=1S/C11H15N/c1-8-5-6-10-9(7-8)3-2-4-11(10)12/h5-7,11H,2-4,12H2,1H3/t11-/m1/s1. The van der Waals surface area contributed by atoms with Crippen LogP contribution in [0.1, 0.15) is 35.6 Å². The molecule has 0 radical (unpaired) electrons. The highest BCUT2D eigenvalue weighted by molar-refractivity contribution is 5.35. The van der Waals surface area contributed by atoms with Crippen LogP contribution in [0, 0.1) is 6.92 Å². The second kappa shape index (κ2) is 2.91. The molecule has 1 atom stereocenters. The number of nitrogens with two attached hydrogens (primary N) is 1. The van der Waals surface area contributed by atoms with E-state index in [1.165, 1.54) is 29.5 Å². The molecule has 0 saturated carbocycles. The van der Waals surface area contributed by atoms with Gasteiger partial charge in [0, 0.05) is 6.04 Å². The second-order valence-corrected chi connectivity index (χ2v) is 3.70. The average molecular weight is 161 g/mol. The van der Waals surface area contributed by atoms with Gasteiger partial charge < -0.3 is 5.73 Å². The largest absolute Gasteiger partial charge is 0.324 e. The van der Waals surface area contributed by atoms with E-state index in [0.717, 1.165) is 6.42 Å². The molecule has 0 aliphatic heterocycles. The van der Waals surface area contributed by atoms with Crippen LogP contribution in [0.4, 0.5) is 0 Å². The molecule has 1 heteroatoms. The third-order valence-corrected chi connectivity index (χ3v) is 2.66. The Hall–Kier alpha value is -0.820. The molecule has 1 aliphatic rings. The SMILES string of the molecule is Cc1ccc2c(c1)CCC[C@H]2N. The van der Waals surface area contributed by atoms with Crippen molar-refractivity contribution in [3.63, 3.8) is 0 Å². The normalized spacial score (nSPS) is 22.0. The Labute approximate surface area is 73.6 Å². The Bertz CT molecular complexity index is 291. The second-order valence-electron chi connectivity index (χ2n) is 3.70. The maximum absolute atomic E-state index is 6.00. The fourth-order valence-corrected chi connectivity index (χ4v) is 1.98. The first-order valence-corrected chi connectivity index (χ1v) is 4.62. The van der Waals surface area contributed by atoms with Crippen LogP contribution in [-0.2, 0) is 6.42 Å². The highest BCUT2D eigenvalue weighted by Gasteiger charge is 2.15. The van der Waals surface area contributed by atoms with Crippen LogP contribution in [-0.4, -0.2) is 0 Å². The molecule has 0 amide bonds. The molecule has 0 heterocycles. The molecule has 0 saturated heterocycles. The van der Waals surface area contributed by atoms with Crippen LogP contribution < -0.4 is 5.73 Å². The summed E-state index contributed by atoms with van der Waals surface area (Å²) in [7, 11) is 0. The van der Waals surface area contributed by atoms with E-state index >= 15 is 0 Å². The summed E-state index contributed by atoms with van der Waals surface area (Å²) in [5.74, 6) is 0. The molecule has 0 aromatic heterocycles. The van der Waals surface area contributed by atoms with Gasteiger partial charge in [0.25, 0.3) is 0 Å². The van der Waals surface area contributed by atoms with Crippen molar-refractivity contribution in [3.05, 3.63) is 34.9 Å². The lowest BCUT2D eigenvalue weighted by atomic mass is 9.87. The van der Waals surface area contributed by atoms with Crippen LogP contribution in [0.15, 0.2) is 18.2 Å². The van der Waals surface area contributed by atoms with Crippen LogP contribution in [0.2, 0.25) is 0 Å². The number of fused-ring (bicyclic) bond motifs is 1. The smallest absolute Gasteiger partial charge is 0.0297 e. The summed E-state index contributed by atoms with van der Waals surface area (Å²) in [6.07, 6.45) is 3.61. The van der Waals surface area contributed by atoms with Crippen LogP contribution in [0.5, 0.6) is 0 Å². The molecular weight excluding hydrogens is 146 g/mol. The van der Waals surface area contributed by atoms with Crippen molar-refractivity contribution >= 4 is 0 Å². The molecule has 0 spiro atoms.